The Hall–Kier alpha value is -2.63. The van der Waals surface area contributed by atoms with E-state index >= 15 is 0 Å². The predicted octanol–water partition coefficient (Wildman–Crippen LogP) is 23.3. The van der Waals surface area contributed by atoms with E-state index in [-0.39, 0.29) is 31.1 Å². The molecule has 6 nitrogen and oxygen atoms in total. The van der Waals surface area contributed by atoms with E-state index in [2.05, 4.69) is 69.4 Å². The maximum absolute atomic E-state index is 12.9. The van der Waals surface area contributed by atoms with Gasteiger partial charge >= 0.3 is 17.9 Å². The van der Waals surface area contributed by atoms with Crippen molar-refractivity contribution in [3.8, 4) is 0 Å². The molecule has 0 amide bonds. The molecule has 450 valence electrons. The summed E-state index contributed by atoms with van der Waals surface area (Å²) in [5, 5.41) is 0. The number of unbranched alkanes of at least 4 members (excludes halogenated alkanes) is 44. The molecule has 0 spiro atoms. The summed E-state index contributed by atoms with van der Waals surface area (Å²) >= 11 is 0. The monoisotopic (exact) mass is 1080 g/mol. The zero-order chi connectivity index (χ0) is 55.7. The maximum atomic E-state index is 12.9. The smallest absolute Gasteiger partial charge is 0.306 e. The van der Waals surface area contributed by atoms with Crippen molar-refractivity contribution >= 4 is 17.9 Å². The van der Waals surface area contributed by atoms with Crippen LogP contribution in [0.2, 0.25) is 0 Å². The fourth-order valence-electron chi connectivity index (χ4n) is 10.3. The summed E-state index contributed by atoms with van der Waals surface area (Å²) in [5.41, 5.74) is 0. The normalized spacial score (nSPS) is 12.3. The maximum Gasteiger partial charge on any atom is 0.306 e. The van der Waals surface area contributed by atoms with Crippen molar-refractivity contribution in [3.05, 3.63) is 48.6 Å². The van der Waals surface area contributed by atoms with Crippen LogP contribution in [0.4, 0.5) is 0 Å². The summed E-state index contributed by atoms with van der Waals surface area (Å²) in [4.78, 5) is 38.2. The number of carbonyl (C=O) groups is 3. The lowest BCUT2D eigenvalue weighted by Crippen LogP contribution is -2.30. The second kappa shape index (κ2) is 65.9. The second-order valence-corrected chi connectivity index (χ2v) is 23.1. The molecule has 0 bridgehead atoms. The number of hydrogen-bond acceptors (Lipinski definition) is 6. The number of rotatable bonds is 63. The van der Waals surface area contributed by atoms with Gasteiger partial charge in [0.15, 0.2) is 6.10 Å². The molecule has 0 aliphatic carbocycles. The highest BCUT2D eigenvalue weighted by atomic mass is 16.6. The van der Waals surface area contributed by atoms with Crippen molar-refractivity contribution in [3.63, 3.8) is 0 Å². The molecule has 1 atom stereocenters. The van der Waals surface area contributed by atoms with Gasteiger partial charge in [0.2, 0.25) is 0 Å². The molecule has 0 rings (SSSR count). The van der Waals surface area contributed by atoms with Crippen molar-refractivity contribution in [2.24, 2.45) is 0 Å². The Balaban J connectivity index is 4.00. The Morgan fingerprint density at radius 3 is 0.792 bits per heavy atom. The van der Waals surface area contributed by atoms with Gasteiger partial charge in [0.05, 0.1) is 0 Å². The lowest BCUT2D eigenvalue weighted by atomic mass is 10.0. The van der Waals surface area contributed by atoms with Crippen LogP contribution in [0.1, 0.15) is 367 Å². The third kappa shape index (κ3) is 64.1. The van der Waals surface area contributed by atoms with E-state index in [4.69, 9.17) is 14.2 Å². The summed E-state index contributed by atoms with van der Waals surface area (Å²) in [6.45, 7) is 6.56. The van der Waals surface area contributed by atoms with E-state index < -0.39 is 6.10 Å². The van der Waals surface area contributed by atoms with Crippen LogP contribution in [0.5, 0.6) is 0 Å². The van der Waals surface area contributed by atoms with Crippen LogP contribution in [0.15, 0.2) is 48.6 Å². The molecule has 0 aromatic carbocycles. The molecule has 0 aliphatic heterocycles. The first-order valence-corrected chi connectivity index (χ1v) is 34.1. The van der Waals surface area contributed by atoms with Crippen LogP contribution in [0.3, 0.4) is 0 Å². The molecule has 77 heavy (non-hydrogen) atoms. The molecule has 6 heteroatoms. The summed E-state index contributed by atoms with van der Waals surface area (Å²) < 4.78 is 16.9. The average molecular weight is 1080 g/mol. The number of carbonyl (C=O) groups excluding carboxylic acids is 3. The van der Waals surface area contributed by atoms with E-state index in [1.165, 1.54) is 244 Å². The molecule has 0 aliphatic rings. The van der Waals surface area contributed by atoms with Crippen LogP contribution in [-0.2, 0) is 28.6 Å². The fraction of sp³-hybridized carbons (Fsp3) is 0.845. The predicted molar refractivity (Wildman–Crippen MR) is 335 cm³/mol. The summed E-state index contributed by atoms with van der Waals surface area (Å²) in [6.07, 6.45) is 83.1. The van der Waals surface area contributed by atoms with Crippen molar-refractivity contribution in [1.82, 2.24) is 0 Å². The Morgan fingerprint density at radius 2 is 0.506 bits per heavy atom. The molecule has 0 aromatic heterocycles. The number of allylic oxidation sites excluding steroid dienone is 8. The van der Waals surface area contributed by atoms with Gasteiger partial charge in [0.1, 0.15) is 13.2 Å². The zero-order valence-electron chi connectivity index (χ0n) is 51.7. The van der Waals surface area contributed by atoms with Gasteiger partial charge in [-0.3, -0.25) is 14.4 Å². The first-order chi connectivity index (χ1) is 38.0. The summed E-state index contributed by atoms with van der Waals surface area (Å²) in [6, 6.07) is 0. The van der Waals surface area contributed by atoms with Crippen LogP contribution < -0.4 is 0 Å². The molecule has 0 heterocycles. The standard InChI is InChI=1S/C71H130O6/c1-4-7-10-13-16-19-21-23-25-27-29-30-31-32-33-34-35-36-37-38-39-40-41-42-43-45-46-48-50-52-55-58-61-64-70(73)76-67-68(66-75-69(72)63-60-57-54-18-15-12-9-6-3)77-71(74)65-62-59-56-53-51-49-47-44-28-26-24-22-20-17-14-11-8-5-2/h7,10,16,19,23,25,29-30,68H,4-6,8-9,11-15,17-18,20-22,24,26-28,31-67H2,1-3H3/b10-7-,19-16-,25-23-,30-29-. The Morgan fingerprint density at radius 1 is 0.273 bits per heavy atom. The molecule has 1 unspecified atom stereocenters. The van der Waals surface area contributed by atoms with E-state index in [0.29, 0.717) is 19.3 Å². The van der Waals surface area contributed by atoms with Crippen LogP contribution >= 0.6 is 0 Å². The minimum Gasteiger partial charge on any atom is -0.462 e. The minimum atomic E-state index is -0.765. The highest BCUT2D eigenvalue weighted by Crippen LogP contribution is 2.18. The molecule has 0 aromatic rings. The summed E-state index contributed by atoms with van der Waals surface area (Å²) in [5.74, 6) is -0.843. The van der Waals surface area contributed by atoms with Gasteiger partial charge in [-0.1, -0.05) is 339 Å². The molecule has 0 N–H and O–H groups in total. The third-order valence-corrected chi connectivity index (χ3v) is 15.3. The van der Waals surface area contributed by atoms with Crippen LogP contribution in [0, 0.1) is 0 Å². The van der Waals surface area contributed by atoms with E-state index in [1.807, 2.05) is 0 Å². The Kier molecular flexibility index (Phi) is 63.6. The molecule has 0 saturated heterocycles. The number of esters is 3. The molecule has 0 fully saturated rings. The molecular formula is C71H130O6. The molecular weight excluding hydrogens is 949 g/mol. The average Bonchev–Trinajstić information content (AvgIpc) is 3.43. The van der Waals surface area contributed by atoms with E-state index in [1.54, 1.807) is 0 Å². The van der Waals surface area contributed by atoms with Crippen molar-refractivity contribution < 1.29 is 28.6 Å². The topological polar surface area (TPSA) is 78.9 Å². The van der Waals surface area contributed by atoms with Gasteiger partial charge in [0, 0.05) is 19.3 Å². The van der Waals surface area contributed by atoms with Gasteiger partial charge in [-0.15, -0.1) is 0 Å². The Labute approximate surface area is 479 Å². The largest absolute Gasteiger partial charge is 0.462 e. The summed E-state index contributed by atoms with van der Waals surface area (Å²) in [7, 11) is 0. The van der Waals surface area contributed by atoms with Crippen molar-refractivity contribution in [2.45, 2.75) is 374 Å². The fourth-order valence-corrected chi connectivity index (χ4v) is 10.3. The minimum absolute atomic E-state index is 0.0654. The first-order valence-electron chi connectivity index (χ1n) is 34.1. The molecule has 0 radical (unpaired) electrons. The van der Waals surface area contributed by atoms with Crippen molar-refractivity contribution in [1.29, 1.82) is 0 Å². The third-order valence-electron chi connectivity index (χ3n) is 15.3. The quantitative estimate of drug-likeness (QED) is 0.0261. The van der Waals surface area contributed by atoms with Crippen LogP contribution in [-0.4, -0.2) is 37.2 Å². The SMILES string of the molecule is CC/C=C\C/C=C\C/C=C\C/C=C\CCCCCCCCCCCCCCCCCCCCCCC(=O)OCC(COC(=O)CCCCCCCCCC)OC(=O)CCCCCCCCCCCCCCCCCCCC. The number of hydrogen-bond donors (Lipinski definition) is 0. The highest BCUT2D eigenvalue weighted by Gasteiger charge is 2.19. The highest BCUT2D eigenvalue weighted by molar-refractivity contribution is 5.71. The molecule has 0 saturated carbocycles. The number of ether oxygens (including phenoxy) is 3. The van der Waals surface area contributed by atoms with E-state index in [9.17, 15) is 14.4 Å². The lowest BCUT2D eigenvalue weighted by molar-refractivity contribution is -0.167. The Bertz CT molecular complexity index is 1330. The van der Waals surface area contributed by atoms with Gasteiger partial charge in [-0.2, -0.15) is 0 Å². The van der Waals surface area contributed by atoms with Gasteiger partial charge in [-0.25, -0.2) is 0 Å². The van der Waals surface area contributed by atoms with Gasteiger partial charge in [-0.05, 0) is 57.8 Å². The van der Waals surface area contributed by atoms with E-state index in [0.717, 1.165) is 83.5 Å². The lowest BCUT2D eigenvalue weighted by Gasteiger charge is -2.18. The second-order valence-electron chi connectivity index (χ2n) is 23.1. The van der Waals surface area contributed by atoms with Crippen molar-refractivity contribution in [2.75, 3.05) is 13.2 Å². The van der Waals surface area contributed by atoms with Gasteiger partial charge in [0.25, 0.3) is 0 Å². The zero-order valence-corrected chi connectivity index (χ0v) is 51.7. The van der Waals surface area contributed by atoms with Crippen LogP contribution in [0.25, 0.3) is 0 Å². The van der Waals surface area contributed by atoms with Gasteiger partial charge < -0.3 is 14.2 Å². The first kappa shape index (κ1) is 74.4.